The van der Waals surface area contributed by atoms with Crippen molar-refractivity contribution in [2.45, 2.75) is 24.5 Å². The molecular weight excluding hydrogens is 286 g/mol. The van der Waals surface area contributed by atoms with Gasteiger partial charge in [0.05, 0.1) is 12.9 Å². The van der Waals surface area contributed by atoms with Crippen LogP contribution in [0.3, 0.4) is 0 Å². The zero-order valence-corrected chi connectivity index (χ0v) is 10.6. The normalized spacial score (nSPS) is 32.0. The second-order valence-corrected chi connectivity index (χ2v) is 4.61. The number of carbonyl (C=O) groups is 2. The van der Waals surface area contributed by atoms with Crippen LogP contribution < -0.4 is 16.2 Å². The van der Waals surface area contributed by atoms with E-state index in [9.17, 15) is 19.8 Å². The lowest BCUT2D eigenvalue weighted by Gasteiger charge is -2.18. The van der Waals surface area contributed by atoms with Crippen molar-refractivity contribution in [3.05, 3.63) is 12.0 Å². The minimum atomic E-state index is -1.36. The van der Waals surface area contributed by atoms with Crippen LogP contribution in [0.25, 0.3) is 0 Å². The van der Waals surface area contributed by atoms with Gasteiger partial charge in [-0.1, -0.05) is 0 Å². The van der Waals surface area contributed by atoms with E-state index in [1.54, 1.807) is 0 Å². The number of hydrogen-bond acceptors (Lipinski definition) is 7. The summed E-state index contributed by atoms with van der Waals surface area (Å²) in [5.41, 5.74) is 4.18. The fourth-order valence-corrected chi connectivity index (χ4v) is 2.29. The number of hydrogen-bond donors (Lipinski definition) is 6. The van der Waals surface area contributed by atoms with Crippen LogP contribution in [0.5, 0.6) is 0 Å². The van der Waals surface area contributed by atoms with Crippen LogP contribution in [0.4, 0.5) is 10.6 Å². The maximum atomic E-state index is 12.0. The van der Waals surface area contributed by atoms with Gasteiger partial charge in [-0.25, -0.2) is 15.2 Å². The molecule has 0 bridgehead atoms. The Labute approximate surface area is 117 Å². The van der Waals surface area contributed by atoms with Crippen LogP contribution >= 0.6 is 0 Å². The highest BCUT2D eigenvalue weighted by molar-refractivity contribution is 6.04. The quantitative estimate of drug-likeness (QED) is 0.346. The molecule has 2 aliphatic heterocycles. The first-order chi connectivity index (χ1) is 10.0. The van der Waals surface area contributed by atoms with E-state index >= 15 is 0 Å². The highest BCUT2D eigenvalue weighted by Crippen LogP contribution is 2.32. The van der Waals surface area contributed by atoms with Crippen molar-refractivity contribution in [1.82, 2.24) is 20.4 Å². The summed E-state index contributed by atoms with van der Waals surface area (Å²) in [7, 11) is 0. The van der Waals surface area contributed by atoms with Gasteiger partial charge in [0.15, 0.2) is 17.7 Å². The summed E-state index contributed by atoms with van der Waals surface area (Å²) in [5, 5.41) is 31.1. The summed E-state index contributed by atoms with van der Waals surface area (Å²) in [5.74, 6) is -0.682. The maximum absolute atomic E-state index is 12.0. The molecule has 0 spiro atoms. The number of anilines is 1. The van der Waals surface area contributed by atoms with Crippen molar-refractivity contribution in [1.29, 1.82) is 0 Å². The number of nitrogens with zero attached hydrogens (tertiary/aromatic N) is 2. The van der Waals surface area contributed by atoms with E-state index in [1.807, 2.05) is 0 Å². The number of aliphatic hydroxyl groups is 3. The summed E-state index contributed by atoms with van der Waals surface area (Å²) < 4.78 is 6.50. The number of amides is 3. The molecule has 6 N–H and O–H groups in total. The van der Waals surface area contributed by atoms with Gasteiger partial charge >= 0.3 is 6.03 Å². The number of fused-ring (bicyclic) bond motifs is 1. The number of nitrogens with one attached hydrogen (secondary N) is 3. The van der Waals surface area contributed by atoms with E-state index in [0.29, 0.717) is 0 Å². The number of aliphatic hydroxyl groups excluding tert-OH is 3. The predicted molar refractivity (Wildman–Crippen MR) is 64.9 cm³/mol. The summed E-state index contributed by atoms with van der Waals surface area (Å²) in [6.45, 7) is -0.490. The smallest absolute Gasteiger partial charge is 0.339 e. The van der Waals surface area contributed by atoms with Crippen LogP contribution in [0.2, 0.25) is 0 Å². The number of urea groups is 1. The zero-order chi connectivity index (χ0) is 15.1. The molecule has 0 unspecified atom stereocenters. The van der Waals surface area contributed by atoms with Gasteiger partial charge in [0, 0.05) is 0 Å². The van der Waals surface area contributed by atoms with Crippen molar-refractivity contribution in [2.75, 3.05) is 11.9 Å². The molecule has 3 amide bonds. The van der Waals surface area contributed by atoms with Crippen molar-refractivity contribution in [3.8, 4) is 0 Å². The summed E-state index contributed by atoms with van der Waals surface area (Å²) in [6, 6.07) is -0.673. The molecule has 3 heterocycles. The lowest BCUT2D eigenvalue weighted by molar-refractivity contribution is -0.0534. The van der Waals surface area contributed by atoms with Gasteiger partial charge in [-0.15, -0.1) is 0 Å². The Morgan fingerprint density at radius 1 is 1.29 bits per heavy atom. The van der Waals surface area contributed by atoms with Crippen molar-refractivity contribution in [2.24, 2.45) is 0 Å². The van der Waals surface area contributed by atoms with Crippen molar-refractivity contribution in [3.63, 3.8) is 0 Å². The molecule has 11 nitrogen and oxygen atoms in total. The number of ether oxygens (including phenoxy) is 1. The number of carbonyl (C=O) groups excluding carboxylic acids is 2. The Morgan fingerprint density at radius 2 is 2.05 bits per heavy atom. The van der Waals surface area contributed by atoms with E-state index in [4.69, 9.17) is 9.84 Å². The first-order valence-electron chi connectivity index (χ1n) is 6.09. The zero-order valence-electron chi connectivity index (χ0n) is 10.6. The van der Waals surface area contributed by atoms with E-state index in [-0.39, 0.29) is 11.5 Å². The monoisotopic (exact) mass is 299 g/mol. The standard InChI is InChI=1S/C10H13N5O6/c16-1-3-5(17)6(18)9(21-3)15-2-11-7-4(15)8(19)13-14-10(20)12-7/h2-3,5-6,9,16-18H,1H2,(H,13,19)(H2,12,14,20)/t3-,5-,6-,9-/m1/s1. The fraction of sp³-hybridized carbons (Fsp3) is 0.500. The van der Waals surface area contributed by atoms with Gasteiger partial charge in [-0.2, -0.15) is 0 Å². The average molecular weight is 299 g/mol. The number of rotatable bonds is 2. The minimum Gasteiger partial charge on any atom is -0.394 e. The van der Waals surface area contributed by atoms with Gasteiger partial charge < -0.3 is 20.1 Å². The van der Waals surface area contributed by atoms with E-state index in [0.717, 1.165) is 0 Å². The maximum Gasteiger partial charge on any atom is 0.339 e. The lowest BCUT2D eigenvalue weighted by atomic mass is 10.1. The molecule has 2 aliphatic rings. The molecule has 0 aliphatic carbocycles. The average Bonchev–Trinajstić information content (AvgIpc) is 2.95. The van der Waals surface area contributed by atoms with Crippen molar-refractivity contribution >= 4 is 17.8 Å². The molecule has 0 saturated carbocycles. The van der Waals surface area contributed by atoms with Gasteiger partial charge in [0.1, 0.15) is 18.3 Å². The second kappa shape index (κ2) is 4.96. The van der Waals surface area contributed by atoms with Crippen LogP contribution in [0, 0.1) is 0 Å². The molecular formula is C10H13N5O6. The molecule has 114 valence electrons. The predicted octanol–water partition coefficient (Wildman–Crippen LogP) is -2.73. The molecule has 21 heavy (non-hydrogen) atoms. The molecule has 4 atom stereocenters. The fourth-order valence-electron chi connectivity index (χ4n) is 2.29. The molecule has 1 aromatic heterocycles. The minimum absolute atomic E-state index is 0.0137. The second-order valence-electron chi connectivity index (χ2n) is 4.61. The highest BCUT2D eigenvalue weighted by atomic mass is 16.6. The summed E-state index contributed by atoms with van der Waals surface area (Å²) in [6.07, 6.45) is -3.57. The van der Waals surface area contributed by atoms with Gasteiger partial charge in [0.2, 0.25) is 0 Å². The van der Waals surface area contributed by atoms with Gasteiger partial charge in [0.25, 0.3) is 5.91 Å². The topological polar surface area (TPSA) is 158 Å². The van der Waals surface area contributed by atoms with Gasteiger partial charge in [-0.05, 0) is 0 Å². The molecule has 1 saturated heterocycles. The van der Waals surface area contributed by atoms with E-state index in [2.05, 4.69) is 21.2 Å². The SMILES string of the molecule is O=C1NNC(=O)c2c(ncn2[C@@H]2O[C@H](CO)[C@@H](O)[C@H]2O)N1. The molecule has 1 fully saturated rings. The number of imidazole rings is 1. The first kappa shape index (κ1) is 13.8. The molecule has 0 aromatic carbocycles. The van der Waals surface area contributed by atoms with E-state index in [1.165, 1.54) is 10.9 Å². The molecule has 3 rings (SSSR count). The first-order valence-corrected chi connectivity index (χ1v) is 6.09. The molecule has 1 aromatic rings. The lowest BCUT2D eigenvalue weighted by Crippen LogP contribution is -2.41. The van der Waals surface area contributed by atoms with Gasteiger partial charge in [-0.3, -0.25) is 20.1 Å². The van der Waals surface area contributed by atoms with E-state index < -0.39 is 43.1 Å². The molecule has 11 heteroatoms. The summed E-state index contributed by atoms with van der Waals surface area (Å²) in [4.78, 5) is 27.1. The Hall–Kier alpha value is -2.21. The Kier molecular flexibility index (Phi) is 3.25. The van der Waals surface area contributed by atoms with Crippen LogP contribution in [0.15, 0.2) is 6.33 Å². The Balaban J connectivity index is 1.98. The third kappa shape index (κ3) is 2.12. The van der Waals surface area contributed by atoms with Crippen LogP contribution in [0.1, 0.15) is 16.7 Å². The summed E-state index contributed by atoms with van der Waals surface area (Å²) >= 11 is 0. The number of aromatic nitrogens is 2. The number of hydrazine groups is 1. The highest BCUT2D eigenvalue weighted by Gasteiger charge is 2.45. The van der Waals surface area contributed by atoms with Crippen LogP contribution in [-0.2, 0) is 4.74 Å². The largest absolute Gasteiger partial charge is 0.394 e. The Morgan fingerprint density at radius 3 is 2.71 bits per heavy atom. The Bertz CT molecular complexity index is 588. The third-order valence-electron chi connectivity index (χ3n) is 3.32. The molecule has 0 radical (unpaired) electrons. The van der Waals surface area contributed by atoms with Crippen LogP contribution in [-0.4, -0.2) is 61.7 Å². The van der Waals surface area contributed by atoms with Crippen molar-refractivity contribution < 1.29 is 29.6 Å². The third-order valence-corrected chi connectivity index (χ3v) is 3.32.